The number of benzene rings is 1. The summed E-state index contributed by atoms with van der Waals surface area (Å²) in [7, 11) is 0. The minimum atomic E-state index is -0.296. The van der Waals surface area contributed by atoms with Crippen LogP contribution in [0.1, 0.15) is 24.9 Å². The average molecular weight is 236 g/mol. The number of ether oxygens (including phenoxy) is 2. The van der Waals surface area contributed by atoms with Crippen molar-refractivity contribution in [2.45, 2.75) is 19.4 Å². The molecule has 1 aliphatic rings. The van der Waals surface area contributed by atoms with Crippen molar-refractivity contribution in [3.63, 3.8) is 0 Å². The zero-order valence-electron chi connectivity index (χ0n) is 9.73. The first-order valence-corrected chi connectivity index (χ1v) is 5.58. The Hall–Kier alpha value is -1.75. The Balaban J connectivity index is 1.95. The van der Waals surface area contributed by atoms with Crippen LogP contribution < -0.4 is 20.5 Å². The van der Waals surface area contributed by atoms with Crippen LogP contribution in [-0.4, -0.2) is 19.2 Å². The van der Waals surface area contributed by atoms with E-state index in [4.69, 9.17) is 15.2 Å². The molecule has 0 aliphatic carbocycles. The first-order chi connectivity index (χ1) is 8.16. The minimum Gasteiger partial charge on any atom is -0.454 e. The van der Waals surface area contributed by atoms with Crippen molar-refractivity contribution in [2.24, 2.45) is 5.73 Å². The maximum absolute atomic E-state index is 10.6. The van der Waals surface area contributed by atoms with Gasteiger partial charge in [0, 0.05) is 19.0 Å². The monoisotopic (exact) mass is 236 g/mol. The Labute approximate surface area is 99.9 Å². The number of fused-ring (bicyclic) bond motifs is 1. The first kappa shape index (κ1) is 11.7. The number of rotatable bonds is 5. The van der Waals surface area contributed by atoms with Gasteiger partial charge in [0.25, 0.3) is 0 Å². The Bertz CT molecular complexity index is 420. The van der Waals surface area contributed by atoms with E-state index in [2.05, 4.69) is 5.32 Å². The van der Waals surface area contributed by atoms with Gasteiger partial charge in [-0.25, -0.2) is 0 Å². The first-order valence-electron chi connectivity index (χ1n) is 5.58. The van der Waals surface area contributed by atoms with Crippen LogP contribution in [0.4, 0.5) is 0 Å². The minimum absolute atomic E-state index is 0.142. The molecule has 1 aromatic carbocycles. The van der Waals surface area contributed by atoms with E-state index < -0.39 is 0 Å². The highest BCUT2D eigenvalue weighted by atomic mass is 16.7. The highest BCUT2D eigenvalue weighted by Gasteiger charge is 2.15. The van der Waals surface area contributed by atoms with Crippen LogP contribution in [0.3, 0.4) is 0 Å². The number of nitrogens with two attached hydrogens (primary N) is 1. The van der Waals surface area contributed by atoms with Gasteiger partial charge < -0.3 is 20.5 Å². The Morgan fingerprint density at radius 3 is 3.00 bits per heavy atom. The molecule has 5 heteroatoms. The van der Waals surface area contributed by atoms with E-state index in [1.54, 1.807) is 0 Å². The van der Waals surface area contributed by atoms with E-state index in [0.717, 1.165) is 17.1 Å². The zero-order chi connectivity index (χ0) is 12.3. The van der Waals surface area contributed by atoms with Gasteiger partial charge in [-0.2, -0.15) is 0 Å². The van der Waals surface area contributed by atoms with Crippen LogP contribution in [-0.2, 0) is 4.79 Å². The topological polar surface area (TPSA) is 73.6 Å². The van der Waals surface area contributed by atoms with Crippen LogP contribution in [0, 0.1) is 0 Å². The Morgan fingerprint density at radius 2 is 2.24 bits per heavy atom. The molecule has 1 aromatic rings. The summed E-state index contributed by atoms with van der Waals surface area (Å²) in [5, 5.41) is 3.22. The molecule has 1 atom stereocenters. The zero-order valence-corrected chi connectivity index (χ0v) is 9.73. The van der Waals surface area contributed by atoms with Gasteiger partial charge in [0.05, 0.1) is 0 Å². The molecule has 0 spiro atoms. The van der Waals surface area contributed by atoms with Gasteiger partial charge in [0.15, 0.2) is 11.5 Å². The van der Waals surface area contributed by atoms with Crippen LogP contribution >= 0.6 is 0 Å². The summed E-state index contributed by atoms with van der Waals surface area (Å²) >= 11 is 0. The molecule has 0 saturated carbocycles. The molecule has 3 N–H and O–H groups in total. The third-order valence-corrected chi connectivity index (χ3v) is 2.72. The van der Waals surface area contributed by atoms with E-state index >= 15 is 0 Å². The molecule has 2 rings (SSSR count). The third-order valence-electron chi connectivity index (χ3n) is 2.72. The van der Waals surface area contributed by atoms with Crippen LogP contribution in [0.5, 0.6) is 11.5 Å². The number of amides is 1. The molecule has 0 radical (unpaired) electrons. The lowest BCUT2D eigenvalue weighted by atomic mass is 10.1. The molecule has 17 heavy (non-hydrogen) atoms. The summed E-state index contributed by atoms with van der Waals surface area (Å²) in [4.78, 5) is 10.6. The highest BCUT2D eigenvalue weighted by Crippen LogP contribution is 2.33. The number of carbonyl (C=O) groups excluding carboxylic acids is 1. The van der Waals surface area contributed by atoms with Crippen molar-refractivity contribution in [1.82, 2.24) is 5.32 Å². The lowest BCUT2D eigenvalue weighted by Gasteiger charge is -2.14. The Morgan fingerprint density at radius 1 is 1.47 bits per heavy atom. The van der Waals surface area contributed by atoms with Crippen molar-refractivity contribution in [1.29, 1.82) is 0 Å². The molecule has 1 heterocycles. The maximum atomic E-state index is 10.6. The number of primary amides is 1. The van der Waals surface area contributed by atoms with Crippen molar-refractivity contribution >= 4 is 5.91 Å². The molecule has 0 fully saturated rings. The fraction of sp³-hybridized carbons (Fsp3) is 0.417. The van der Waals surface area contributed by atoms with Crippen molar-refractivity contribution in [3.8, 4) is 11.5 Å². The van der Waals surface area contributed by atoms with Crippen molar-refractivity contribution in [3.05, 3.63) is 23.8 Å². The van der Waals surface area contributed by atoms with Crippen LogP contribution in [0.15, 0.2) is 18.2 Å². The van der Waals surface area contributed by atoms with E-state index in [9.17, 15) is 4.79 Å². The smallest absolute Gasteiger partial charge is 0.231 e. The van der Waals surface area contributed by atoms with Crippen molar-refractivity contribution < 1.29 is 14.3 Å². The fourth-order valence-electron chi connectivity index (χ4n) is 1.71. The molecule has 1 amide bonds. The van der Waals surface area contributed by atoms with Gasteiger partial charge in [0.1, 0.15) is 0 Å². The highest BCUT2D eigenvalue weighted by molar-refractivity contribution is 5.73. The lowest BCUT2D eigenvalue weighted by molar-refractivity contribution is -0.117. The van der Waals surface area contributed by atoms with E-state index in [1.165, 1.54) is 0 Å². The summed E-state index contributed by atoms with van der Waals surface area (Å²) in [5.74, 6) is 1.25. The second-order valence-corrected chi connectivity index (χ2v) is 4.00. The molecule has 0 bridgehead atoms. The lowest BCUT2D eigenvalue weighted by Crippen LogP contribution is -2.24. The maximum Gasteiger partial charge on any atom is 0.231 e. The van der Waals surface area contributed by atoms with E-state index in [0.29, 0.717) is 13.0 Å². The summed E-state index contributed by atoms with van der Waals surface area (Å²) in [6.07, 6.45) is 0.342. The summed E-state index contributed by atoms with van der Waals surface area (Å²) in [6, 6.07) is 5.97. The van der Waals surface area contributed by atoms with Crippen LogP contribution in [0.2, 0.25) is 0 Å². The molecule has 1 unspecified atom stereocenters. The normalized spacial score (nSPS) is 14.6. The molecule has 92 valence electrons. The number of nitrogens with one attached hydrogen (secondary N) is 1. The van der Waals surface area contributed by atoms with E-state index in [-0.39, 0.29) is 18.7 Å². The predicted octanol–water partition coefficient (Wildman–Crippen LogP) is 0.941. The largest absolute Gasteiger partial charge is 0.454 e. The molecule has 1 aliphatic heterocycles. The fourth-order valence-corrected chi connectivity index (χ4v) is 1.71. The Kier molecular flexibility index (Phi) is 3.49. The van der Waals surface area contributed by atoms with Gasteiger partial charge >= 0.3 is 0 Å². The molecule has 5 nitrogen and oxygen atoms in total. The number of hydrogen-bond donors (Lipinski definition) is 2. The molecular weight excluding hydrogens is 220 g/mol. The summed E-state index contributed by atoms with van der Waals surface area (Å²) < 4.78 is 10.5. The van der Waals surface area contributed by atoms with Gasteiger partial charge in [-0.1, -0.05) is 6.07 Å². The quantitative estimate of drug-likeness (QED) is 0.798. The predicted molar refractivity (Wildman–Crippen MR) is 62.8 cm³/mol. The second kappa shape index (κ2) is 5.05. The average Bonchev–Trinajstić information content (AvgIpc) is 2.75. The number of hydrogen-bond acceptors (Lipinski definition) is 4. The molecule has 0 aromatic heterocycles. The summed E-state index contributed by atoms with van der Waals surface area (Å²) in [5.41, 5.74) is 6.17. The number of carbonyl (C=O) groups is 1. The summed E-state index contributed by atoms with van der Waals surface area (Å²) in [6.45, 7) is 2.88. The van der Waals surface area contributed by atoms with Gasteiger partial charge in [-0.05, 0) is 24.6 Å². The van der Waals surface area contributed by atoms with Crippen molar-refractivity contribution in [2.75, 3.05) is 13.3 Å². The van der Waals surface area contributed by atoms with Gasteiger partial charge in [-0.3, -0.25) is 4.79 Å². The molecule has 0 saturated heterocycles. The van der Waals surface area contributed by atoms with E-state index in [1.807, 2.05) is 25.1 Å². The van der Waals surface area contributed by atoms with Gasteiger partial charge in [0.2, 0.25) is 12.7 Å². The standard InChI is InChI=1S/C12H16N2O3/c1-8(14-5-4-12(13)15)9-2-3-10-11(6-9)17-7-16-10/h2-3,6,8,14H,4-5,7H2,1H3,(H2,13,15). The van der Waals surface area contributed by atoms with Gasteiger partial charge in [-0.15, -0.1) is 0 Å². The third kappa shape index (κ3) is 2.88. The second-order valence-electron chi connectivity index (χ2n) is 4.00. The molecular formula is C12H16N2O3. The SMILES string of the molecule is CC(NCCC(N)=O)c1ccc2c(c1)OCO2. The van der Waals surface area contributed by atoms with Crippen LogP contribution in [0.25, 0.3) is 0 Å².